The molecular weight excluding hydrogens is 294 g/mol. The van der Waals surface area contributed by atoms with E-state index in [0.29, 0.717) is 0 Å². The van der Waals surface area contributed by atoms with Crippen molar-refractivity contribution in [2.45, 2.75) is 26.3 Å². The monoisotopic (exact) mass is 315 g/mol. The van der Waals surface area contributed by atoms with Crippen LogP contribution in [0.15, 0.2) is 48.5 Å². The molecule has 5 nitrogen and oxygen atoms in total. The van der Waals surface area contributed by atoms with Crippen LogP contribution in [0.3, 0.4) is 0 Å². The zero-order chi connectivity index (χ0) is 17.6. The van der Waals surface area contributed by atoms with E-state index in [-0.39, 0.29) is 16.7 Å². The molecule has 0 radical (unpaired) electrons. The van der Waals surface area contributed by atoms with E-state index in [1.54, 1.807) is 0 Å². The highest BCUT2D eigenvalue weighted by Crippen LogP contribution is 2.19. The number of carboxylic acids is 2. The molecule has 0 fully saturated rings. The molecule has 122 valence electrons. The van der Waals surface area contributed by atoms with Crippen LogP contribution in [0.4, 0.5) is 0 Å². The number of aryl methyl sites for hydroxylation is 1. The van der Waals surface area contributed by atoms with Crippen LogP contribution in [0.2, 0.25) is 0 Å². The van der Waals surface area contributed by atoms with Gasteiger partial charge in [0, 0.05) is 5.54 Å². The van der Waals surface area contributed by atoms with Crippen molar-refractivity contribution in [3.8, 4) is 0 Å². The first-order valence-corrected chi connectivity index (χ1v) is 7.05. The summed E-state index contributed by atoms with van der Waals surface area (Å²) in [6.45, 7) is 6.13. The van der Waals surface area contributed by atoms with Gasteiger partial charge in [-0.2, -0.15) is 0 Å². The lowest BCUT2D eigenvalue weighted by Gasteiger charge is -2.21. The van der Waals surface area contributed by atoms with Crippen molar-refractivity contribution >= 4 is 11.9 Å². The van der Waals surface area contributed by atoms with Gasteiger partial charge >= 0.3 is 11.9 Å². The lowest BCUT2D eigenvalue weighted by Crippen LogP contribution is -2.29. The molecule has 0 saturated heterocycles. The Morgan fingerprint density at radius 1 is 0.870 bits per heavy atom. The van der Waals surface area contributed by atoms with Crippen LogP contribution in [0.1, 0.15) is 45.7 Å². The molecule has 5 heteroatoms. The second-order valence-corrected chi connectivity index (χ2v) is 5.69. The first-order valence-electron chi connectivity index (χ1n) is 7.05. The van der Waals surface area contributed by atoms with Gasteiger partial charge < -0.3 is 15.9 Å². The molecule has 0 amide bonds. The fraction of sp³-hybridized carbons (Fsp3) is 0.222. The second-order valence-electron chi connectivity index (χ2n) is 5.69. The Bertz CT molecular complexity index is 669. The summed E-state index contributed by atoms with van der Waals surface area (Å²) in [5.41, 5.74) is 7.85. The first kappa shape index (κ1) is 18.4. The predicted octanol–water partition coefficient (Wildman–Crippen LogP) is 3.27. The van der Waals surface area contributed by atoms with Crippen LogP contribution in [-0.2, 0) is 5.54 Å². The summed E-state index contributed by atoms with van der Waals surface area (Å²) in [4.78, 5) is 20.9. The van der Waals surface area contributed by atoms with Gasteiger partial charge in [0.2, 0.25) is 0 Å². The number of carbonyl (C=O) groups is 2. The normalized spacial score (nSPS) is 10.4. The van der Waals surface area contributed by atoms with Gasteiger partial charge in [-0.05, 0) is 44.0 Å². The third kappa shape index (κ3) is 5.23. The maximum Gasteiger partial charge on any atom is 0.336 e. The van der Waals surface area contributed by atoms with Gasteiger partial charge in [0.05, 0.1) is 11.1 Å². The van der Waals surface area contributed by atoms with Gasteiger partial charge in [0.1, 0.15) is 0 Å². The molecule has 0 atom stereocenters. The molecular formula is C18H21NO4. The number of nitrogens with two attached hydrogens (primary N) is 1. The number of hydrogen-bond acceptors (Lipinski definition) is 3. The van der Waals surface area contributed by atoms with Crippen molar-refractivity contribution in [1.29, 1.82) is 0 Å². The first-order chi connectivity index (χ1) is 10.6. The van der Waals surface area contributed by atoms with Crippen molar-refractivity contribution in [3.63, 3.8) is 0 Å². The van der Waals surface area contributed by atoms with Gasteiger partial charge in [-0.25, -0.2) is 9.59 Å². The molecule has 4 N–H and O–H groups in total. The van der Waals surface area contributed by atoms with E-state index >= 15 is 0 Å². The Labute approximate surface area is 135 Å². The predicted molar refractivity (Wildman–Crippen MR) is 88.8 cm³/mol. The van der Waals surface area contributed by atoms with E-state index in [1.165, 1.54) is 35.4 Å². The number of carboxylic acid groups (broad SMARTS) is 2. The number of benzene rings is 2. The van der Waals surface area contributed by atoms with E-state index in [4.69, 9.17) is 15.9 Å². The Kier molecular flexibility index (Phi) is 6.04. The van der Waals surface area contributed by atoms with Crippen LogP contribution in [0.5, 0.6) is 0 Å². The number of aromatic carboxylic acids is 2. The van der Waals surface area contributed by atoms with E-state index in [9.17, 15) is 9.59 Å². The molecule has 0 aliphatic carbocycles. The molecule has 2 aromatic rings. The summed E-state index contributed by atoms with van der Waals surface area (Å²) in [7, 11) is 0. The van der Waals surface area contributed by atoms with E-state index in [2.05, 4.69) is 19.1 Å². The van der Waals surface area contributed by atoms with Crippen LogP contribution < -0.4 is 5.73 Å². The molecule has 0 heterocycles. The van der Waals surface area contributed by atoms with Crippen LogP contribution in [0, 0.1) is 6.92 Å². The molecule has 23 heavy (non-hydrogen) atoms. The van der Waals surface area contributed by atoms with Gasteiger partial charge in [0.25, 0.3) is 0 Å². The Hall–Kier alpha value is -2.66. The molecule has 0 spiro atoms. The molecule has 2 rings (SSSR count). The minimum atomic E-state index is -1.23. The van der Waals surface area contributed by atoms with Crippen LogP contribution in [0.25, 0.3) is 0 Å². The smallest absolute Gasteiger partial charge is 0.336 e. The standard InChI is InChI=1S/C10H15N.C8H6O4/c1-8-6-4-5-7-9(8)10(2,3)11;9-7(10)5-3-1-2-4-6(5)8(11)12/h4-7H,11H2,1-3H3;1-4H,(H,9,10)(H,11,12). The molecule has 0 unspecified atom stereocenters. The maximum absolute atomic E-state index is 10.5. The summed E-state index contributed by atoms with van der Waals surface area (Å²) in [5.74, 6) is -2.46. The van der Waals surface area contributed by atoms with Crippen molar-refractivity contribution in [2.24, 2.45) is 5.73 Å². The zero-order valence-electron chi connectivity index (χ0n) is 13.4. The Morgan fingerprint density at radius 3 is 1.57 bits per heavy atom. The summed E-state index contributed by atoms with van der Waals surface area (Å²) in [5, 5.41) is 17.1. The third-order valence-electron chi connectivity index (χ3n) is 3.23. The highest BCUT2D eigenvalue weighted by Gasteiger charge is 2.15. The van der Waals surface area contributed by atoms with Crippen molar-refractivity contribution in [3.05, 3.63) is 70.8 Å². The average Bonchev–Trinajstić information content (AvgIpc) is 2.47. The van der Waals surface area contributed by atoms with E-state index < -0.39 is 11.9 Å². The van der Waals surface area contributed by atoms with Gasteiger partial charge in [0.15, 0.2) is 0 Å². The quantitative estimate of drug-likeness (QED) is 0.807. The summed E-state index contributed by atoms with van der Waals surface area (Å²) in [6, 6.07) is 13.7. The van der Waals surface area contributed by atoms with Gasteiger partial charge in [-0.3, -0.25) is 0 Å². The minimum absolute atomic E-state index is 0.190. The number of rotatable bonds is 3. The summed E-state index contributed by atoms with van der Waals surface area (Å²) >= 11 is 0. The van der Waals surface area contributed by atoms with Crippen molar-refractivity contribution < 1.29 is 19.8 Å². The zero-order valence-corrected chi connectivity index (χ0v) is 13.4. The fourth-order valence-corrected chi connectivity index (χ4v) is 2.15. The lowest BCUT2D eigenvalue weighted by molar-refractivity contribution is 0.0651. The van der Waals surface area contributed by atoms with Crippen molar-refractivity contribution in [2.75, 3.05) is 0 Å². The summed E-state index contributed by atoms with van der Waals surface area (Å²) in [6.07, 6.45) is 0. The summed E-state index contributed by atoms with van der Waals surface area (Å²) < 4.78 is 0. The minimum Gasteiger partial charge on any atom is -0.478 e. The largest absolute Gasteiger partial charge is 0.478 e. The molecule has 0 aromatic heterocycles. The topological polar surface area (TPSA) is 101 Å². The van der Waals surface area contributed by atoms with Crippen LogP contribution >= 0.6 is 0 Å². The molecule has 0 bridgehead atoms. The fourth-order valence-electron chi connectivity index (χ4n) is 2.15. The number of hydrogen-bond donors (Lipinski definition) is 3. The molecule has 0 aliphatic rings. The maximum atomic E-state index is 10.5. The highest BCUT2D eigenvalue weighted by atomic mass is 16.4. The van der Waals surface area contributed by atoms with E-state index in [1.807, 2.05) is 26.0 Å². The van der Waals surface area contributed by atoms with Crippen molar-refractivity contribution in [1.82, 2.24) is 0 Å². The molecule has 0 aliphatic heterocycles. The SMILES string of the molecule is Cc1ccccc1C(C)(C)N.O=C(O)c1ccccc1C(=O)O. The van der Waals surface area contributed by atoms with Crippen LogP contribution in [-0.4, -0.2) is 22.2 Å². The van der Waals surface area contributed by atoms with Gasteiger partial charge in [-0.15, -0.1) is 0 Å². The average molecular weight is 315 g/mol. The molecule has 2 aromatic carbocycles. The highest BCUT2D eigenvalue weighted by molar-refractivity contribution is 6.01. The van der Waals surface area contributed by atoms with Gasteiger partial charge in [-0.1, -0.05) is 36.4 Å². The lowest BCUT2D eigenvalue weighted by atomic mass is 9.92. The molecule has 0 saturated carbocycles. The Morgan fingerprint density at radius 2 is 1.26 bits per heavy atom. The second kappa shape index (κ2) is 7.56. The Balaban J connectivity index is 0.000000231. The third-order valence-corrected chi connectivity index (χ3v) is 3.23. The van der Waals surface area contributed by atoms with E-state index in [0.717, 1.165) is 0 Å².